The van der Waals surface area contributed by atoms with Gasteiger partial charge in [0.15, 0.2) is 5.82 Å². The molecule has 0 saturated heterocycles. The molecular formula is C47H29N5. The molecule has 10 aromatic rings. The molecule has 52 heavy (non-hydrogen) atoms. The van der Waals surface area contributed by atoms with E-state index in [1.807, 2.05) is 72.8 Å². The van der Waals surface area contributed by atoms with Crippen molar-refractivity contribution in [1.82, 2.24) is 19.1 Å². The molecule has 0 aliphatic heterocycles. The lowest BCUT2D eigenvalue weighted by molar-refractivity contribution is 1.16. The normalized spacial score (nSPS) is 11.4. The highest BCUT2D eigenvalue weighted by molar-refractivity contribution is 6.31. The fraction of sp³-hybridized carbons (Fsp3) is 0. The SMILES string of the molecule is [C-]#[N+]c1c(-c2ccccc2)nc(-c2ccccc2)nc1-c1cc2c(c3ccccc3n2-c2ccccc2)c2c3ccccc3n(-c3ccccc3)c12. The van der Waals surface area contributed by atoms with Crippen molar-refractivity contribution in [3.63, 3.8) is 0 Å². The standard InChI is InChI=1S/C47H29N5/c1-48-45-43(31-18-6-2-7-19-31)49-47(32-20-8-3-9-21-32)50-44(45)37-30-40-41(35-26-14-16-28-38(35)51(40)33-22-10-4-11-23-33)42-36-27-15-17-29-39(36)52(46(37)42)34-24-12-5-13-25-34/h2-30H. The highest BCUT2D eigenvalue weighted by Gasteiger charge is 2.27. The minimum Gasteiger partial charge on any atom is -0.309 e. The van der Waals surface area contributed by atoms with E-state index in [9.17, 15) is 0 Å². The lowest BCUT2D eigenvalue weighted by atomic mass is 9.98. The molecule has 0 aliphatic rings. The second kappa shape index (κ2) is 11.9. The second-order valence-electron chi connectivity index (χ2n) is 12.9. The summed E-state index contributed by atoms with van der Waals surface area (Å²) in [6.07, 6.45) is 0. The number of aromatic nitrogens is 4. The van der Waals surface area contributed by atoms with Crippen LogP contribution in [0.4, 0.5) is 5.69 Å². The molecular weight excluding hydrogens is 635 g/mol. The maximum Gasteiger partial charge on any atom is 0.238 e. The molecule has 0 radical (unpaired) electrons. The van der Waals surface area contributed by atoms with Crippen LogP contribution in [-0.4, -0.2) is 19.1 Å². The van der Waals surface area contributed by atoms with Crippen LogP contribution in [0.3, 0.4) is 0 Å². The van der Waals surface area contributed by atoms with Gasteiger partial charge >= 0.3 is 0 Å². The van der Waals surface area contributed by atoms with Gasteiger partial charge in [-0.3, -0.25) is 0 Å². The summed E-state index contributed by atoms with van der Waals surface area (Å²) in [6.45, 7) is 8.69. The van der Waals surface area contributed by atoms with Crippen molar-refractivity contribution in [2.75, 3.05) is 0 Å². The van der Waals surface area contributed by atoms with Gasteiger partial charge in [-0.1, -0.05) is 133 Å². The third kappa shape index (κ3) is 4.49. The summed E-state index contributed by atoms with van der Waals surface area (Å²) in [5.74, 6) is 0.570. The molecule has 0 aliphatic carbocycles. The van der Waals surface area contributed by atoms with Crippen LogP contribution in [0.1, 0.15) is 0 Å². The Bertz CT molecular complexity index is 2990. The first-order valence-corrected chi connectivity index (χ1v) is 17.3. The molecule has 3 aromatic heterocycles. The highest BCUT2D eigenvalue weighted by atomic mass is 15.0. The van der Waals surface area contributed by atoms with Crippen LogP contribution >= 0.6 is 0 Å². The fourth-order valence-corrected chi connectivity index (χ4v) is 7.76. The zero-order chi connectivity index (χ0) is 34.6. The highest BCUT2D eigenvalue weighted by Crippen LogP contribution is 2.49. The zero-order valence-corrected chi connectivity index (χ0v) is 28.0. The van der Waals surface area contributed by atoms with Gasteiger partial charge in [0.2, 0.25) is 5.69 Å². The fourth-order valence-electron chi connectivity index (χ4n) is 7.76. The first-order valence-electron chi connectivity index (χ1n) is 17.3. The predicted molar refractivity (Wildman–Crippen MR) is 213 cm³/mol. The molecule has 0 fully saturated rings. The van der Waals surface area contributed by atoms with E-state index in [4.69, 9.17) is 16.5 Å². The zero-order valence-electron chi connectivity index (χ0n) is 28.0. The molecule has 0 spiro atoms. The molecule has 0 N–H and O–H groups in total. The lowest BCUT2D eigenvalue weighted by Crippen LogP contribution is -2.00. The first kappa shape index (κ1) is 29.6. The molecule has 0 atom stereocenters. The van der Waals surface area contributed by atoms with E-state index in [0.717, 1.165) is 71.7 Å². The second-order valence-corrected chi connectivity index (χ2v) is 12.9. The van der Waals surface area contributed by atoms with Crippen LogP contribution in [0.5, 0.6) is 0 Å². The summed E-state index contributed by atoms with van der Waals surface area (Å²) in [5.41, 5.74) is 10.6. The van der Waals surface area contributed by atoms with Gasteiger partial charge in [-0.15, -0.1) is 0 Å². The Kier molecular flexibility index (Phi) is 6.80. The Labute approximate surface area is 300 Å². The quantitative estimate of drug-likeness (QED) is 0.172. The van der Waals surface area contributed by atoms with Crippen LogP contribution in [0.25, 0.3) is 93.7 Å². The number of para-hydroxylation sites is 4. The molecule has 0 bridgehead atoms. The third-order valence-corrected chi connectivity index (χ3v) is 9.93. The number of hydrogen-bond donors (Lipinski definition) is 0. The Morgan fingerprint density at radius 1 is 0.442 bits per heavy atom. The molecule has 5 heteroatoms. The minimum atomic E-state index is 0.416. The van der Waals surface area contributed by atoms with Crippen molar-refractivity contribution >= 4 is 49.3 Å². The van der Waals surface area contributed by atoms with Crippen LogP contribution in [0, 0.1) is 6.57 Å². The molecule has 242 valence electrons. The molecule has 7 aromatic carbocycles. The van der Waals surface area contributed by atoms with Crippen molar-refractivity contribution in [3.05, 3.63) is 187 Å². The number of fused-ring (bicyclic) bond motifs is 7. The summed E-state index contributed by atoms with van der Waals surface area (Å²) in [4.78, 5) is 14.7. The smallest absolute Gasteiger partial charge is 0.238 e. The third-order valence-electron chi connectivity index (χ3n) is 9.93. The predicted octanol–water partition coefficient (Wildman–Crippen LogP) is 12.2. The van der Waals surface area contributed by atoms with Gasteiger partial charge in [-0.2, -0.15) is 0 Å². The Balaban J connectivity index is 1.47. The summed E-state index contributed by atoms with van der Waals surface area (Å²) in [6, 6.07) is 60.6. The maximum atomic E-state index is 8.69. The largest absolute Gasteiger partial charge is 0.309 e. The van der Waals surface area contributed by atoms with Crippen molar-refractivity contribution in [1.29, 1.82) is 0 Å². The summed E-state index contributed by atoms with van der Waals surface area (Å²) in [7, 11) is 0. The molecule has 0 unspecified atom stereocenters. The summed E-state index contributed by atoms with van der Waals surface area (Å²) < 4.78 is 4.69. The average molecular weight is 664 g/mol. The van der Waals surface area contributed by atoms with Crippen molar-refractivity contribution in [2.24, 2.45) is 0 Å². The Morgan fingerprint density at radius 2 is 0.923 bits per heavy atom. The van der Waals surface area contributed by atoms with Gasteiger partial charge in [0.05, 0.1) is 40.0 Å². The number of benzene rings is 7. The van der Waals surface area contributed by atoms with Crippen LogP contribution in [-0.2, 0) is 0 Å². The van der Waals surface area contributed by atoms with Gasteiger partial charge < -0.3 is 9.13 Å². The van der Waals surface area contributed by atoms with Gasteiger partial charge in [0.25, 0.3) is 0 Å². The maximum absolute atomic E-state index is 8.69. The monoisotopic (exact) mass is 663 g/mol. The molecule has 10 rings (SSSR count). The van der Waals surface area contributed by atoms with E-state index < -0.39 is 0 Å². The molecule has 0 saturated carbocycles. The first-order chi connectivity index (χ1) is 25.8. The van der Waals surface area contributed by atoms with Crippen LogP contribution < -0.4 is 0 Å². The van der Waals surface area contributed by atoms with Gasteiger partial charge in [0, 0.05) is 44.0 Å². The van der Waals surface area contributed by atoms with E-state index in [2.05, 4.69) is 117 Å². The number of nitrogens with zero attached hydrogens (tertiary/aromatic N) is 5. The van der Waals surface area contributed by atoms with E-state index in [1.54, 1.807) is 0 Å². The molecule has 5 nitrogen and oxygen atoms in total. The number of rotatable bonds is 5. The summed E-state index contributed by atoms with van der Waals surface area (Å²) in [5, 5.41) is 4.58. The van der Waals surface area contributed by atoms with E-state index >= 15 is 0 Å². The van der Waals surface area contributed by atoms with Gasteiger partial charge in [-0.25, -0.2) is 14.8 Å². The van der Waals surface area contributed by atoms with Crippen molar-refractivity contribution in [2.45, 2.75) is 0 Å². The van der Waals surface area contributed by atoms with Crippen LogP contribution in [0.2, 0.25) is 0 Å². The van der Waals surface area contributed by atoms with E-state index in [-0.39, 0.29) is 0 Å². The van der Waals surface area contributed by atoms with Gasteiger partial charge in [0.1, 0.15) is 0 Å². The van der Waals surface area contributed by atoms with Crippen LogP contribution in [0.15, 0.2) is 176 Å². The Hall–Kier alpha value is -7.29. The minimum absolute atomic E-state index is 0.416. The van der Waals surface area contributed by atoms with E-state index in [1.165, 1.54) is 0 Å². The molecule has 3 heterocycles. The molecule has 0 amide bonds. The van der Waals surface area contributed by atoms with Gasteiger partial charge in [-0.05, 0) is 48.0 Å². The topological polar surface area (TPSA) is 40.0 Å². The number of hydrogen-bond acceptors (Lipinski definition) is 2. The van der Waals surface area contributed by atoms with E-state index in [0.29, 0.717) is 22.9 Å². The Morgan fingerprint density at radius 3 is 1.54 bits per heavy atom. The van der Waals surface area contributed by atoms with Crippen molar-refractivity contribution in [3.8, 4) is 45.3 Å². The summed E-state index contributed by atoms with van der Waals surface area (Å²) >= 11 is 0. The average Bonchev–Trinajstić information content (AvgIpc) is 3.74. The lowest BCUT2D eigenvalue weighted by Gasteiger charge is -2.16. The van der Waals surface area contributed by atoms with Crippen molar-refractivity contribution < 1.29 is 0 Å².